The van der Waals surface area contributed by atoms with Crippen LogP contribution in [0.5, 0.6) is 0 Å². The normalized spacial score (nSPS) is 17.2. The molecule has 2 aromatic rings. The molecule has 1 aliphatic carbocycles. The molecule has 0 amide bonds. The zero-order valence-corrected chi connectivity index (χ0v) is 11.2. The maximum absolute atomic E-state index is 5.72. The summed E-state index contributed by atoms with van der Waals surface area (Å²) in [6.07, 6.45) is 5.92. The Morgan fingerprint density at radius 1 is 1.37 bits per heavy atom. The minimum absolute atomic E-state index is 0.0405. The van der Waals surface area contributed by atoms with Crippen LogP contribution in [0.1, 0.15) is 48.0 Å². The smallest absolute Gasteiger partial charge is 0.0900 e. The molecule has 100 valence electrons. The SMILES string of the molecule is Cn1ccc(C(NN)c2cccc(C3CCC3)c2)n1. The van der Waals surface area contributed by atoms with Gasteiger partial charge >= 0.3 is 0 Å². The van der Waals surface area contributed by atoms with E-state index in [1.807, 2.05) is 19.3 Å². The largest absolute Gasteiger partial charge is 0.275 e. The second-order valence-electron chi connectivity index (χ2n) is 5.31. The van der Waals surface area contributed by atoms with Gasteiger partial charge in [0, 0.05) is 13.2 Å². The molecule has 1 aliphatic rings. The fourth-order valence-corrected chi connectivity index (χ4v) is 2.67. The van der Waals surface area contributed by atoms with Crippen LogP contribution < -0.4 is 11.3 Å². The molecule has 1 fully saturated rings. The fraction of sp³-hybridized carbons (Fsp3) is 0.400. The molecule has 1 aromatic heterocycles. The predicted octanol–water partition coefficient (Wildman–Crippen LogP) is 2.24. The lowest BCUT2D eigenvalue weighted by Crippen LogP contribution is -2.29. The van der Waals surface area contributed by atoms with E-state index < -0.39 is 0 Å². The van der Waals surface area contributed by atoms with Gasteiger partial charge in [-0.2, -0.15) is 5.10 Å². The lowest BCUT2D eigenvalue weighted by Gasteiger charge is -2.26. The lowest BCUT2D eigenvalue weighted by atomic mass is 9.79. The van der Waals surface area contributed by atoms with Crippen molar-refractivity contribution in [1.82, 2.24) is 15.2 Å². The molecule has 0 radical (unpaired) electrons. The molecule has 0 saturated heterocycles. The minimum Gasteiger partial charge on any atom is -0.275 e. The molecule has 3 rings (SSSR count). The summed E-state index contributed by atoms with van der Waals surface area (Å²) in [5.41, 5.74) is 6.44. The van der Waals surface area contributed by atoms with Gasteiger partial charge in [0.1, 0.15) is 0 Å². The van der Waals surface area contributed by atoms with E-state index in [1.54, 1.807) is 4.68 Å². The number of hydrogen-bond donors (Lipinski definition) is 2. The van der Waals surface area contributed by atoms with Gasteiger partial charge in [0.25, 0.3) is 0 Å². The molecular formula is C15H20N4. The summed E-state index contributed by atoms with van der Waals surface area (Å²) in [7, 11) is 1.92. The molecule has 0 spiro atoms. The first-order chi connectivity index (χ1) is 9.28. The standard InChI is InChI=1S/C15H20N4/c1-19-9-8-14(18-19)15(17-16)13-7-3-6-12(10-13)11-4-2-5-11/h3,6-11,15,17H,2,4-5,16H2,1H3. The topological polar surface area (TPSA) is 55.9 Å². The zero-order chi connectivity index (χ0) is 13.2. The minimum atomic E-state index is -0.0405. The Labute approximate surface area is 113 Å². The number of nitrogens with one attached hydrogen (secondary N) is 1. The molecule has 1 saturated carbocycles. The van der Waals surface area contributed by atoms with Gasteiger partial charge in [-0.1, -0.05) is 30.7 Å². The highest BCUT2D eigenvalue weighted by Crippen LogP contribution is 2.37. The molecule has 3 N–H and O–H groups in total. The van der Waals surface area contributed by atoms with Crippen LogP contribution in [0.25, 0.3) is 0 Å². The number of nitrogens with zero attached hydrogens (tertiary/aromatic N) is 2. The maximum atomic E-state index is 5.72. The summed E-state index contributed by atoms with van der Waals surface area (Å²) in [5, 5.41) is 4.44. The van der Waals surface area contributed by atoms with Crippen molar-refractivity contribution in [3.05, 3.63) is 53.3 Å². The van der Waals surface area contributed by atoms with Crippen LogP contribution in [0, 0.1) is 0 Å². The monoisotopic (exact) mass is 256 g/mol. The number of hydrogen-bond acceptors (Lipinski definition) is 3. The Morgan fingerprint density at radius 3 is 2.79 bits per heavy atom. The predicted molar refractivity (Wildman–Crippen MR) is 75.4 cm³/mol. The van der Waals surface area contributed by atoms with Gasteiger partial charge in [-0.05, 0) is 36.0 Å². The van der Waals surface area contributed by atoms with E-state index in [4.69, 9.17) is 5.84 Å². The summed E-state index contributed by atoms with van der Waals surface area (Å²) in [4.78, 5) is 0. The van der Waals surface area contributed by atoms with Crippen molar-refractivity contribution in [3.63, 3.8) is 0 Å². The molecule has 0 bridgehead atoms. The van der Waals surface area contributed by atoms with Crippen molar-refractivity contribution in [2.75, 3.05) is 0 Å². The molecule has 19 heavy (non-hydrogen) atoms. The second kappa shape index (κ2) is 5.15. The van der Waals surface area contributed by atoms with Crippen LogP contribution in [0.2, 0.25) is 0 Å². The van der Waals surface area contributed by atoms with Crippen molar-refractivity contribution < 1.29 is 0 Å². The Hall–Kier alpha value is -1.65. The quantitative estimate of drug-likeness (QED) is 0.651. The van der Waals surface area contributed by atoms with E-state index >= 15 is 0 Å². The molecule has 1 atom stereocenters. The van der Waals surface area contributed by atoms with Crippen molar-refractivity contribution in [1.29, 1.82) is 0 Å². The van der Waals surface area contributed by atoms with E-state index in [2.05, 4.69) is 34.8 Å². The third-order valence-corrected chi connectivity index (χ3v) is 4.02. The number of aromatic nitrogens is 2. The van der Waals surface area contributed by atoms with Gasteiger partial charge in [-0.15, -0.1) is 0 Å². The summed E-state index contributed by atoms with van der Waals surface area (Å²) < 4.78 is 1.80. The summed E-state index contributed by atoms with van der Waals surface area (Å²) in [6.45, 7) is 0. The molecular weight excluding hydrogens is 236 g/mol. The molecule has 4 nitrogen and oxygen atoms in total. The van der Waals surface area contributed by atoms with Crippen LogP contribution in [-0.2, 0) is 7.05 Å². The van der Waals surface area contributed by atoms with Crippen LogP contribution in [0.3, 0.4) is 0 Å². The van der Waals surface area contributed by atoms with Gasteiger partial charge in [0.2, 0.25) is 0 Å². The number of nitrogens with two attached hydrogens (primary N) is 1. The first kappa shape index (κ1) is 12.4. The Bertz CT molecular complexity index is 557. The van der Waals surface area contributed by atoms with E-state index in [1.165, 1.54) is 30.4 Å². The highest BCUT2D eigenvalue weighted by atomic mass is 15.3. The third-order valence-electron chi connectivity index (χ3n) is 4.02. The summed E-state index contributed by atoms with van der Waals surface area (Å²) >= 11 is 0. The first-order valence-corrected chi connectivity index (χ1v) is 6.83. The van der Waals surface area contributed by atoms with Gasteiger partial charge in [0.05, 0.1) is 11.7 Å². The van der Waals surface area contributed by atoms with Gasteiger partial charge < -0.3 is 0 Å². The van der Waals surface area contributed by atoms with Crippen LogP contribution in [-0.4, -0.2) is 9.78 Å². The van der Waals surface area contributed by atoms with Gasteiger partial charge in [0.15, 0.2) is 0 Å². The first-order valence-electron chi connectivity index (χ1n) is 6.83. The number of aryl methyl sites for hydroxylation is 1. The Morgan fingerprint density at radius 2 is 2.21 bits per heavy atom. The maximum Gasteiger partial charge on any atom is 0.0900 e. The van der Waals surface area contributed by atoms with Gasteiger partial charge in [-0.25, -0.2) is 5.43 Å². The average molecular weight is 256 g/mol. The Balaban J connectivity index is 1.90. The zero-order valence-electron chi connectivity index (χ0n) is 11.2. The summed E-state index contributed by atoms with van der Waals surface area (Å²) in [5.74, 6) is 6.46. The van der Waals surface area contributed by atoms with E-state index in [9.17, 15) is 0 Å². The molecule has 1 unspecified atom stereocenters. The van der Waals surface area contributed by atoms with Crippen LogP contribution in [0.4, 0.5) is 0 Å². The molecule has 1 aromatic carbocycles. The van der Waals surface area contributed by atoms with Crippen molar-refractivity contribution >= 4 is 0 Å². The molecule has 1 heterocycles. The highest BCUT2D eigenvalue weighted by molar-refractivity contribution is 5.33. The van der Waals surface area contributed by atoms with Crippen molar-refractivity contribution in [3.8, 4) is 0 Å². The number of hydrazine groups is 1. The van der Waals surface area contributed by atoms with E-state index in [0.29, 0.717) is 0 Å². The lowest BCUT2D eigenvalue weighted by molar-refractivity contribution is 0.419. The third kappa shape index (κ3) is 2.41. The number of benzene rings is 1. The van der Waals surface area contributed by atoms with Crippen molar-refractivity contribution in [2.24, 2.45) is 12.9 Å². The molecule has 4 heteroatoms. The van der Waals surface area contributed by atoms with Gasteiger partial charge in [-0.3, -0.25) is 10.5 Å². The van der Waals surface area contributed by atoms with Crippen LogP contribution >= 0.6 is 0 Å². The molecule has 0 aliphatic heterocycles. The Kier molecular flexibility index (Phi) is 3.36. The summed E-state index contributed by atoms with van der Waals surface area (Å²) in [6, 6.07) is 10.7. The fourth-order valence-electron chi connectivity index (χ4n) is 2.67. The van der Waals surface area contributed by atoms with Crippen molar-refractivity contribution in [2.45, 2.75) is 31.2 Å². The van der Waals surface area contributed by atoms with Crippen LogP contribution in [0.15, 0.2) is 36.5 Å². The number of rotatable bonds is 4. The van der Waals surface area contributed by atoms with E-state index in [-0.39, 0.29) is 6.04 Å². The second-order valence-corrected chi connectivity index (χ2v) is 5.31. The highest BCUT2D eigenvalue weighted by Gasteiger charge is 2.21. The van der Waals surface area contributed by atoms with E-state index in [0.717, 1.165) is 11.6 Å². The average Bonchev–Trinajstić information content (AvgIpc) is 2.75.